The maximum absolute atomic E-state index is 14.7. The molecule has 1 fully saturated rings. The Bertz CT molecular complexity index is 1110. The molecule has 0 saturated carbocycles. The van der Waals surface area contributed by atoms with E-state index in [1.54, 1.807) is 25.2 Å². The van der Waals surface area contributed by atoms with Crippen LogP contribution in [0.2, 0.25) is 0 Å². The zero-order chi connectivity index (χ0) is 23.6. The van der Waals surface area contributed by atoms with E-state index in [0.717, 1.165) is 4.68 Å². The largest absolute Gasteiger partial charge is 0.488 e. The number of hydrogen-bond acceptors (Lipinski definition) is 6. The van der Waals surface area contributed by atoms with Crippen LogP contribution in [0.25, 0.3) is 5.69 Å². The van der Waals surface area contributed by atoms with Gasteiger partial charge in [0, 0.05) is 26.2 Å². The van der Waals surface area contributed by atoms with E-state index >= 15 is 0 Å². The standard InChI is InChI=1S/C16H13FN4O3.C5H9NO2/c1-3-8-4-5-11-10(6-8)21-14(9(17)7-24-11)12(16(23)19-2)13(20-21)15(18)22;1-6-3-2-4(7)5(6)8/h1,4-6,9H,7H2,2H3,(H2,18,22)(H,19,23);4,7H,2-3H2,1H3. The summed E-state index contributed by atoms with van der Waals surface area (Å²) in [5.74, 6) is 1.04. The zero-order valence-corrected chi connectivity index (χ0v) is 17.5. The number of terminal acetylenes is 1. The Hall–Kier alpha value is -3.91. The van der Waals surface area contributed by atoms with E-state index in [0.29, 0.717) is 30.0 Å². The number of nitrogens with zero attached hydrogens (tertiary/aromatic N) is 3. The van der Waals surface area contributed by atoms with Crippen molar-refractivity contribution in [1.82, 2.24) is 20.0 Å². The number of nitrogens with two attached hydrogens (primary N) is 1. The molecule has 0 aliphatic carbocycles. The van der Waals surface area contributed by atoms with Crippen molar-refractivity contribution in [3.05, 3.63) is 40.7 Å². The molecule has 10 nitrogen and oxygen atoms in total. The highest BCUT2D eigenvalue weighted by molar-refractivity contribution is 6.06. The van der Waals surface area contributed by atoms with Gasteiger partial charge >= 0.3 is 0 Å². The molecule has 1 aromatic heterocycles. The van der Waals surface area contributed by atoms with Crippen molar-refractivity contribution in [1.29, 1.82) is 0 Å². The van der Waals surface area contributed by atoms with Crippen molar-refractivity contribution >= 4 is 17.7 Å². The molecule has 3 heterocycles. The van der Waals surface area contributed by atoms with Gasteiger partial charge in [-0.05, 0) is 24.6 Å². The molecule has 32 heavy (non-hydrogen) atoms. The van der Waals surface area contributed by atoms with Gasteiger partial charge in [-0.3, -0.25) is 14.4 Å². The molecular formula is C21H22FN5O5. The van der Waals surface area contributed by atoms with Crippen molar-refractivity contribution in [2.75, 3.05) is 27.2 Å². The molecule has 2 aliphatic heterocycles. The molecule has 0 spiro atoms. The van der Waals surface area contributed by atoms with Gasteiger partial charge in [-0.15, -0.1) is 6.42 Å². The second kappa shape index (κ2) is 9.07. The van der Waals surface area contributed by atoms with E-state index in [-0.39, 0.29) is 29.5 Å². The number of likely N-dealkylation sites (N-methyl/N-ethyl adjacent to an activating group) is 1. The van der Waals surface area contributed by atoms with Gasteiger partial charge in [0.2, 0.25) is 0 Å². The van der Waals surface area contributed by atoms with Gasteiger partial charge in [-0.25, -0.2) is 9.07 Å². The number of likely N-dealkylation sites (tertiary alicyclic amines) is 1. The van der Waals surface area contributed by atoms with Crippen LogP contribution in [0.1, 0.15) is 44.7 Å². The van der Waals surface area contributed by atoms with Crippen molar-refractivity contribution in [3.8, 4) is 23.8 Å². The minimum atomic E-state index is -1.68. The average Bonchev–Trinajstić information content (AvgIpc) is 3.29. The summed E-state index contributed by atoms with van der Waals surface area (Å²) in [5.41, 5.74) is 5.52. The Labute approximate surface area is 183 Å². The molecule has 4 N–H and O–H groups in total. The highest BCUT2D eigenvalue weighted by Crippen LogP contribution is 2.35. The Morgan fingerprint density at radius 3 is 2.66 bits per heavy atom. The van der Waals surface area contributed by atoms with Gasteiger partial charge in [0.15, 0.2) is 11.9 Å². The monoisotopic (exact) mass is 443 g/mol. The first-order valence-corrected chi connectivity index (χ1v) is 9.65. The van der Waals surface area contributed by atoms with Gasteiger partial charge in [-0.2, -0.15) is 5.10 Å². The molecule has 1 saturated heterocycles. The number of rotatable bonds is 2. The van der Waals surface area contributed by atoms with E-state index in [2.05, 4.69) is 16.3 Å². The summed E-state index contributed by atoms with van der Waals surface area (Å²) in [6.45, 7) is 0.357. The molecule has 1 aromatic carbocycles. The van der Waals surface area contributed by atoms with Crippen LogP contribution in [-0.4, -0.2) is 70.9 Å². The van der Waals surface area contributed by atoms with Gasteiger partial charge < -0.3 is 25.8 Å². The number of aromatic nitrogens is 2. The predicted octanol–water partition coefficient (Wildman–Crippen LogP) is -0.0755. The second-order valence-electron chi connectivity index (χ2n) is 7.13. The maximum atomic E-state index is 14.7. The number of nitrogens with one attached hydrogen (secondary N) is 1. The molecule has 2 aromatic rings. The van der Waals surface area contributed by atoms with Gasteiger partial charge in [0.25, 0.3) is 17.7 Å². The normalized spacial score (nSPS) is 18.8. The smallest absolute Gasteiger partial charge is 0.270 e. The Morgan fingerprint density at radius 1 is 1.44 bits per heavy atom. The summed E-state index contributed by atoms with van der Waals surface area (Å²) in [7, 11) is 3.06. The van der Waals surface area contributed by atoms with Crippen LogP contribution < -0.4 is 15.8 Å². The fourth-order valence-electron chi connectivity index (χ4n) is 3.37. The third-order valence-corrected chi connectivity index (χ3v) is 5.04. The van der Waals surface area contributed by atoms with Crippen molar-refractivity contribution < 1.29 is 28.6 Å². The number of carbonyl (C=O) groups is 3. The fourth-order valence-corrected chi connectivity index (χ4v) is 3.37. The molecular weight excluding hydrogens is 421 g/mol. The van der Waals surface area contributed by atoms with E-state index < -0.39 is 24.1 Å². The Kier molecular flexibility index (Phi) is 6.45. The molecule has 0 radical (unpaired) electrons. The molecule has 3 amide bonds. The number of primary amides is 1. The predicted molar refractivity (Wildman–Crippen MR) is 111 cm³/mol. The van der Waals surface area contributed by atoms with Crippen LogP contribution in [0.4, 0.5) is 4.39 Å². The van der Waals surface area contributed by atoms with E-state index in [1.807, 2.05) is 0 Å². The third-order valence-electron chi connectivity index (χ3n) is 5.04. The van der Waals surface area contributed by atoms with Crippen LogP contribution in [0.15, 0.2) is 18.2 Å². The fraction of sp³-hybridized carbons (Fsp3) is 0.333. The van der Waals surface area contributed by atoms with Crippen LogP contribution >= 0.6 is 0 Å². The number of benzene rings is 1. The SMILES string of the molecule is C#Cc1ccc2c(c1)-n1nc(C(N)=O)c(C(=O)NC)c1C(F)CO2.CN1CCC(O)C1=O. The van der Waals surface area contributed by atoms with E-state index in [1.165, 1.54) is 11.9 Å². The summed E-state index contributed by atoms with van der Waals surface area (Å²) in [6.07, 6.45) is 3.58. The number of amides is 3. The molecule has 168 valence electrons. The summed E-state index contributed by atoms with van der Waals surface area (Å²) in [4.78, 5) is 35.9. The number of ether oxygens (including phenoxy) is 1. The van der Waals surface area contributed by atoms with Gasteiger partial charge in [0.05, 0.1) is 11.3 Å². The number of hydrogen-bond donors (Lipinski definition) is 3. The Morgan fingerprint density at radius 2 is 2.16 bits per heavy atom. The minimum Gasteiger partial charge on any atom is -0.488 e. The number of halogens is 1. The average molecular weight is 443 g/mol. The first-order valence-electron chi connectivity index (χ1n) is 9.65. The van der Waals surface area contributed by atoms with Crippen LogP contribution in [0, 0.1) is 12.3 Å². The van der Waals surface area contributed by atoms with E-state index in [9.17, 15) is 18.8 Å². The summed E-state index contributed by atoms with van der Waals surface area (Å²) in [6, 6.07) is 4.77. The topological polar surface area (TPSA) is 140 Å². The lowest BCUT2D eigenvalue weighted by molar-refractivity contribution is -0.133. The van der Waals surface area contributed by atoms with Crippen molar-refractivity contribution in [3.63, 3.8) is 0 Å². The minimum absolute atomic E-state index is 0.101. The van der Waals surface area contributed by atoms with Crippen LogP contribution in [-0.2, 0) is 4.79 Å². The first-order chi connectivity index (χ1) is 15.2. The number of aliphatic hydroxyl groups excluding tert-OH is 1. The summed E-state index contributed by atoms with van der Waals surface area (Å²) < 4.78 is 21.2. The summed E-state index contributed by atoms with van der Waals surface area (Å²) >= 11 is 0. The third kappa shape index (κ3) is 4.13. The van der Waals surface area contributed by atoms with Gasteiger partial charge in [-0.1, -0.05) is 5.92 Å². The number of carbonyl (C=O) groups excluding carboxylic acids is 3. The molecule has 2 atom stereocenters. The van der Waals surface area contributed by atoms with Crippen molar-refractivity contribution in [2.24, 2.45) is 5.73 Å². The lowest BCUT2D eigenvalue weighted by atomic mass is 10.1. The lowest BCUT2D eigenvalue weighted by Gasteiger charge is -2.08. The van der Waals surface area contributed by atoms with Crippen LogP contribution in [0.3, 0.4) is 0 Å². The highest BCUT2D eigenvalue weighted by atomic mass is 19.1. The summed E-state index contributed by atoms with van der Waals surface area (Å²) in [5, 5.41) is 15.2. The van der Waals surface area contributed by atoms with Crippen LogP contribution in [0.5, 0.6) is 5.75 Å². The first kappa shape index (κ1) is 22.8. The number of aliphatic hydroxyl groups is 1. The Balaban J connectivity index is 0.000000305. The molecule has 11 heteroatoms. The highest BCUT2D eigenvalue weighted by Gasteiger charge is 2.34. The molecule has 2 unspecified atom stereocenters. The molecule has 4 rings (SSSR count). The quantitative estimate of drug-likeness (QED) is 0.555. The van der Waals surface area contributed by atoms with Gasteiger partial charge in [0.1, 0.15) is 24.1 Å². The molecule has 0 bridgehead atoms. The van der Waals surface area contributed by atoms with Crippen molar-refractivity contribution in [2.45, 2.75) is 18.7 Å². The molecule has 2 aliphatic rings. The second-order valence-corrected chi connectivity index (χ2v) is 7.13. The zero-order valence-electron chi connectivity index (χ0n) is 17.5. The number of alkyl halides is 1. The van der Waals surface area contributed by atoms with E-state index in [4.69, 9.17) is 22.0 Å². The number of fused-ring (bicyclic) bond motifs is 3. The lowest BCUT2D eigenvalue weighted by Crippen LogP contribution is -2.24. The maximum Gasteiger partial charge on any atom is 0.270 e.